The SMILES string of the molecule is BrCC1(CN2CCN(c3nccs3)CC2)CCCCC1. The number of alkyl halides is 1. The van der Waals surface area contributed by atoms with Crippen molar-refractivity contribution in [2.45, 2.75) is 32.1 Å². The molecule has 0 N–H and O–H groups in total. The molecule has 1 aromatic rings. The molecule has 0 radical (unpaired) electrons. The number of anilines is 1. The van der Waals surface area contributed by atoms with Gasteiger partial charge < -0.3 is 4.90 Å². The second kappa shape index (κ2) is 6.75. The predicted octanol–water partition coefficient (Wildman–Crippen LogP) is 3.61. The van der Waals surface area contributed by atoms with E-state index in [-0.39, 0.29) is 0 Å². The summed E-state index contributed by atoms with van der Waals surface area (Å²) in [6, 6.07) is 0. The molecule has 1 saturated carbocycles. The number of aromatic nitrogens is 1. The lowest BCUT2D eigenvalue weighted by Gasteiger charge is -2.43. The van der Waals surface area contributed by atoms with Crippen molar-refractivity contribution >= 4 is 32.4 Å². The van der Waals surface area contributed by atoms with Gasteiger partial charge in [0.1, 0.15) is 0 Å². The number of halogens is 1. The third-order valence-electron chi connectivity index (χ3n) is 4.82. The monoisotopic (exact) mass is 357 g/mol. The Morgan fingerprint density at radius 2 is 1.90 bits per heavy atom. The van der Waals surface area contributed by atoms with E-state index < -0.39 is 0 Å². The van der Waals surface area contributed by atoms with E-state index in [0.717, 1.165) is 13.1 Å². The Balaban J connectivity index is 1.53. The van der Waals surface area contributed by atoms with Crippen LogP contribution in [0, 0.1) is 5.41 Å². The zero-order valence-electron chi connectivity index (χ0n) is 12.1. The van der Waals surface area contributed by atoms with Crippen molar-refractivity contribution in [2.75, 3.05) is 43.0 Å². The van der Waals surface area contributed by atoms with Crippen LogP contribution in [0.4, 0.5) is 5.13 Å². The molecule has 1 aliphatic carbocycles. The van der Waals surface area contributed by atoms with Gasteiger partial charge in [0.25, 0.3) is 0 Å². The van der Waals surface area contributed by atoms with Gasteiger partial charge in [0.2, 0.25) is 0 Å². The Hall–Kier alpha value is -0.130. The summed E-state index contributed by atoms with van der Waals surface area (Å²) in [4.78, 5) is 9.54. The Morgan fingerprint density at radius 1 is 1.15 bits per heavy atom. The van der Waals surface area contributed by atoms with Crippen LogP contribution in [0.5, 0.6) is 0 Å². The average molecular weight is 358 g/mol. The van der Waals surface area contributed by atoms with Crippen LogP contribution in [0.3, 0.4) is 0 Å². The second-order valence-electron chi connectivity index (χ2n) is 6.27. The molecule has 3 rings (SSSR count). The van der Waals surface area contributed by atoms with Crippen LogP contribution in [-0.2, 0) is 0 Å². The number of thiazole rings is 1. The van der Waals surface area contributed by atoms with E-state index in [9.17, 15) is 0 Å². The zero-order valence-corrected chi connectivity index (χ0v) is 14.5. The minimum Gasteiger partial charge on any atom is -0.346 e. The fourth-order valence-electron chi connectivity index (χ4n) is 3.58. The van der Waals surface area contributed by atoms with Crippen LogP contribution < -0.4 is 4.90 Å². The summed E-state index contributed by atoms with van der Waals surface area (Å²) >= 11 is 5.55. The highest BCUT2D eigenvalue weighted by molar-refractivity contribution is 9.09. The molecule has 1 saturated heterocycles. The molecule has 2 fully saturated rings. The molecule has 0 spiro atoms. The molecule has 0 aromatic carbocycles. The molecule has 5 heteroatoms. The van der Waals surface area contributed by atoms with Gasteiger partial charge in [0, 0.05) is 49.6 Å². The number of hydrogen-bond donors (Lipinski definition) is 0. The summed E-state index contributed by atoms with van der Waals surface area (Å²) in [6.45, 7) is 5.92. The summed E-state index contributed by atoms with van der Waals surface area (Å²) in [6.07, 6.45) is 9.01. The van der Waals surface area contributed by atoms with Crippen molar-refractivity contribution < 1.29 is 0 Å². The first-order chi connectivity index (χ1) is 9.81. The van der Waals surface area contributed by atoms with Gasteiger partial charge in [-0.05, 0) is 18.3 Å². The lowest BCUT2D eigenvalue weighted by molar-refractivity contribution is 0.122. The Labute approximate surface area is 134 Å². The van der Waals surface area contributed by atoms with Gasteiger partial charge >= 0.3 is 0 Å². The maximum Gasteiger partial charge on any atom is 0.185 e. The first-order valence-corrected chi connectivity index (χ1v) is 9.74. The smallest absolute Gasteiger partial charge is 0.185 e. The Bertz CT molecular complexity index is 395. The summed E-state index contributed by atoms with van der Waals surface area (Å²) in [5, 5.41) is 4.44. The van der Waals surface area contributed by atoms with Gasteiger partial charge in [-0.3, -0.25) is 4.90 Å². The third kappa shape index (κ3) is 3.37. The molecule has 0 unspecified atom stereocenters. The second-order valence-corrected chi connectivity index (χ2v) is 7.71. The van der Waals surface area contributed by atoms with E-state index in [1.807, 2.05) is 6.20 Å². The van der Waals surface area contributed by atoms with Crippen molar-refractivity contribution in [3.05, 3.63) is 11.6 Å². The summed E-state index contributed by atoms with van der Waals surface area (Å²) in [5.74, 6) is 0. The Morgan fingerprint density at radius 3 is 2.50 bits per heavy atom. The summed E-state index contributed by atoms with van der Waals surface area (Å²) in [5.41, 5.74) is 0.543. The quantitative estimate of drug-likeness (QED) is 0.767. The van der Waals surface area contributed by atoms with Gasteiger partial charge in [0.15, 0.2) is 5.13 Å². The van der Waals surface area contributed by atoms with Gasteiger partial charge in [-0.25, -0.2) is 4.98 Å². The number of rotatable bonds is 4. The van der Waals surface area contributed by atoms with Crippen LogP contribution in [0.15, 0.2) is 11.6 Å². The van der Waals surface area contributed by atoms with Crippen LogP contribution in [-0.4, -0.2) is 47.9 Å². The van der Waals surface area contributed by atoms with Gasteiger partial charge in [0.05, 0.1) is 0 Å². The lowest BCUT2D eigenvalue weighted by Crippen LogP contribution is -2.50. The van der Waals surface area contributed by atoms with Crippen LogP contribution >= 0.6 is 27.3 Å². The normalized spacial score (nSPS) is 23.9. The maximum atomic E-state index is 4.43. The fourth-order valence-corrected chi connectivity index (χ4v) is 5.01. The molecule has 2 aliphatic rings. The molecule has 0 atom stereocenters. The number of piperazine rings is 1. The van der Waals surface area contributed by atoms with E-state index in [1.54, 1.807) is 11.3 Å². The van der Waals surface area contributed by atoms with Crippen molar-refractivity contribution in [1.82, 2.24) is 9.88 Å². The molecule has 0 amide bonds. The minimum absolute atomic E-state index is 0.543. The molecule has 0 bridgehead atoms. The lowest BCUT2D eigenvalue weighted by atomic mass is 9.75. The van der Waals surface area contributed by atoms with Crippen LogP contribution in [0.1, 0.15) is 32.1 Å². The minimum atomic E-state index is 0.543. The molecular formula is C15H24BrN3S. The fraction of sp³-hybridized carbons (Fsp3) is 0.800. The predicted molar refractivity (Wildman–Crippen MR) is 90.1 cm³/mol. The summed E-state index contributed by atoms with van der Waals surface area (Å²) < 4.78 is 0. The highest BCUT2D eigenvalue weighted by Crippen LogP contribution is 2.38. The molecule has 20 heavy (non-hydrogen) atoms. The van der Waals surface area contributed by atoms with E-state index in [4.69, 9.17) is 0 Å². The van der Waals surface area contributed by atoms with Gasteiger partial charge in [-0.15, -0.1) is 11.3 Å². The molecular weight excluding hydrogens is 334 g/mol. The van der Waals surface area contributed by atoms with Crippen LogP contribution in [0.2, 0.25) is 0 Å². The van der Waals surface area contributed by atoms with Crippen LogP contribution in [0.25, 0.3) is 0 Å². The zero-order chi connectivity index (χ0) is 13.8. The number of nitrogens with zero attached hydrogens (tertiary/aromatic N) is 3. The first kappa shape index (κ1) is 14.8. The summed E-state index contributed by atoms with van der Waals surface area (Å²) in [7, 11) is 0. The van der Waals surface area contributed by atoms with Crippen molar-refractivity contribution in [1.29, 1.82) is 0 Å². The topological polar surface area (TPSA) is 19.4 Å². The Kier molecular flexibility index (Phi) is 5.00. The van der Waals surface area contributed by atoms with Gasteiger partial charge in [-0.2, -0.15) is 0 Å². The molecule has 1 aliphatic heterocycles. The third-order valence-corrected chi connectivity index (χ3v) is 6.84. The standard InChI is InChI=1S/C15H24BrN3S/c16-12-15(4-2-1-3-5-15)13-18-7-9-19(10-8-18)14-17-6-11-20-14/h6,11H,1-5,7-10,12-13H2. The largest absolute Gasteiger partial charge is 0.346 e. The van der Waals surface area contributed by atoms with E-state index in [1.165, 1.54) is 62.2 Å². The van der Waals surface area contributed by atoms with Gasteiger partial charge in [-0.1, -0.05) is 35.2 Å². The van der Waals surface area contributed by atoms with E-state index >= 15 is 0 Å². The molecule has 2 heterocycles. The van der Waals surface area contributed by atoms with Crippen molar-refractivity contribution in [3.63, 3.8) is 0 Å². The average Bonchev–Trinajstić information content (AvgIpc) is 3.03. The first-order valence-electron chi connectivity index (χ1n) is 7.74. The number of hydrogen-bond acceptors (Lipinski definition) is 4. The highest BCUT2D eigenvalue weighted by atomic mass is 79.9. The van der Waals surface area contributed by atoms with E-state index in [2.05, 4.69) is 36.1 Å². The maximum absolute atomic E-state index is 4.43. The van der Waals surface area contributed by atoms with E-state index in [0.29, 0.717) is 5.41 Å². The van der Waals surface area contributed by atoms with Crippen molar-refractivity contribution in [2.24, 2.45) is 5.41 Å². The highest BCUT2D eigenvalue weighted by Gasteiger charge is 2.33. The van der Waals surface area contributed by atoms with Crippen molar-refractivity contribution in [3.8, 4) is 0 Å². The molecule has 1 aromatic heterocycles. The molecule has 3 nitrogen and oxygen atoms in total. The molecule has 112 valence electrons.